The number of carbonyl (C=O) groups is 1. The minimum atomic E-state index is -1.31. The third kappa shape index (κ3) is 3.38. The lowest BCUT2D eigenvalue weighted by Crippen LogP contribution is -2.31. The van der Waals surface area contributed by atoms with Gasteiger partial charge in [-0.2, -0.15) is 0 Å². The van der Waals surface area contributed by atoms with Gasteiger partial charge >= 0.3 is 5.97 Å². The molecule has 2 heterocycles. The molecule has 1 aliphatic rings. The number of carbonyl (C=O) groups excluding carboxylic acids is 1. The molecule has 3 aromatic carbocycles. The summed E-state index contributed by atoms with van der Waals surface area (Å²) in [5.74, 6) is 0.162. The number of ether oxygens (including phenoxy) is 1. The second-order valence-corrected chi connectivity index (χ2v) is 9.84. The van der Waals surface area contributed by atoms with E-state index in [4.69, 9.17) is 4.74 Å². The first-order valence-corrected chi connectivity index (χ1v) is 12.1. The molecule has 1 aromatic heterocycles. The molecule has 0 bridgehead atoms. The van der Waals surface area contributed by atoms with Crippen molar-refractivity contribution in [2.75, 3.05) is 0 Å². The normalized spacial score (nSPS) is 17.2. The van der Waals surface area contributed by atoms with Crippen molar-refractivity contribution in [1.29, 1.82) is 0 Å². The van der Waals surface area contributed by atoms with Gasteiger partial charge in [0, 0.05) is 28.3 Å². The van der Waals surface area contributed by atoms with Gasteiger partial charge in [0.1, 0.15) is 17.0 Å². The molecule has 0 saturated heterocycles. The van der Waals surface area contributed by atoms with Crippen molar-refractivity contribution >= 4 is 22.9 Å². The Hall–Kier alpha value is -4.12. The standard InChI is InChI=1S/C31H29NO4/c1-17(2)12-13-21-20(5)28(33)18(3)15-25(21)31(24-11-7-6-9-23(24)30(35)36-31)26-16-19(4)29(34)27-22(26)10-8-14-32-27/h6-17,33-34H,1-5H3/b13-12-. The summed E-state index contributed by atoms with van der Waals surface area (Å²) in [6, 6.07) is 14.9. The summed E-state index contributed by atoms with van der Waals surface area (Å²) in [4.78, 5) is 17.8. The van der Waals surface area contributed by atoms with Crippen LogP contribution in [0.15, 0.2) is 60.8 Å². The molecule has 1 atom stereocenters. The van der Waals surface area contributed by atoms with Crippen molar-refractivity contribution in [2.24, 2.45) is 5.92 Å². The van der Waals surface area contributed by atoms with Gasteiger partial charge in [-0.25, -0.2) is 4.79 Å². The van der Waals surface area contributed by atoms with E-state index >= 15 is 0 Å². The third-order valence-corrected chi connectivity index (χ3v) is 7.02. The van der Waals surface area contributed by atoms with Crippen molar-refractivity contribution in [3.8, 4) is 11.5 Å². The molecule has 182 valence electrons. The number of aromatic nitrogens is 1. The average Bonchev–Trinajstić information content (AvgIpc) is 3.17. The van der Waals surface area contributed by atoms with E-state index in [9.17, 15) is 15.0 Å². The number of fused-ring (bicyclic) bond motifs is 2. The van der Waals surface area contributed by atoms with Crippen LogP contribution in [0.1, 0.15) is 63.1 Å². The molecule has 0 saturated carbocycles. The molecule has 5 rings (SSSR count). The average molecular weight is 480 g/mol. The van der Waals surface area contributed by atoms with Crippen LogP contribution < -0.4 is 0 Å². The van der Waals surface area contributed by atoms with E-state index in [-0.39, 0.29) is 17.4 Å². The fraction of sp³-hybridized carbons (Fsp3) is 0.226. The zero-order valence-electron chi connectivity index (χ0n) is 21.1. The summed E-state index contributed by atoms with van der Waals surface area (Å²) in [6.07, 6.45) is 5.70. The SMILES string of the molecule is Cc1cc(C2(c3cc(C)c(O)c4ncccc34)OC(=O)c3ccccc32)c(/C=C\C(C)C)c(C)c1O. The number of nitrogens with zero attached hydrogens (tertiary/aromatic N) is 1. The molecule has 5 nitrogen and oxygen atoms in total. The van der Waals surface area contributed by atoms with Crippen LogP contribution >= 0.6 is 0 Å². The molecule has 4 aromatic rings. The van der Waals surface area contributed by atoms with E-state index in [0.717, 1.165) is 11.1 Å². The molecule has 0 aliphatic carbocycles. The van der Waals surface area contributed by atoms with Crippen LogP contribution in [0.25, 0.3) is 17.0 Å². The van der Waals surface area contributed by atoms with Crippen molar-refractivity contribution in [2.45, 2.75) is 40.2 Å². The zero-order valence-corrected chi connectivity index (χ0v) is 21.1. The highest BCUT2D eigenvalue weighted by Crippen LogP contribution is 2.52. The number of hydrogen-bond donors (Lipinski definition) is 2. The van der Waals surface area contributed by atoms with Crippen molar-refractivity contribution in [3.63, 3.8) is 0 Å². The van der Waals surface area contributed by atoms with E-state index in [2.05, 4.69) is 24.9 Å². The van der Waals surface area contributed by atoms with Crippen LogP contribution in [-0.4, -0.2) is 21.2 Å². The first-order chi connectivity index (χ1) is 17.2. The quantitative estimate of drug-likeness (QED) is 0.318. The number of pyridine rings is 1. The Kier molecular flexibility index (Phi) is 5.59. The number of esters is 1. The number of cyclic esters (lactones) is 1. The lowest BCUT2D eigenvalue weighted by molar-refractivity contribution is 0.0254. The van der Waals surface area contributed by atoms with Crippen LogP contribution in [0.2, 0.25) is 0 Å². The molecule has 0 amide bonds. The van der Waals surface area contributed by atoms with Crippen molar-refractivity contribution in [1.82, 2.24) is 4.98 Å². The monoisotopic (exact) mass is 479 g/mol. The summed E-state index contributed by atoms with van der Waals surface area (Å²) in [6.45, 7) is 9.71. The Bertz CT molecular complexity index is 1570. The van der Waals surface area contributed by atoms with Gasteiger partial charge in [-0.1, -0.05) is 50.3 Å². The molecule has 0 spiro atoms. The second-order valence-electron chi connectivity index (χ2n) is 9.84. The minimum absolute atomic E-state index is 0.0973. The predicted molar refractivity (Wildman–Crippen MR) is 141 cm³/mol. The molecular formula is C31H29NO4. The highest BCUT2D eigenvalue weighted by Gasteiger charge is 2.51. The van der Waals surface area contributed by atoms with E-state index in [1.54, 1.807) is 12.3 Å². The number of rotatable bonds is 4. The van der Waals surface area contributed by atoms with Crippen LogP contribution in [-0.2, 0) is 10.3 Å². The molecule has 5 heteroatoms. The Labute approximate surface area is 210 Å². The van der Waals surface area contributed by atoms with Gasteiger partial charge in [0.05, 0.1) is 5.56 Å². The molecule has 36 heavy (non-hydrogen) atoms. The fourth-order valence-corrected chi connectivity index (χ4v) is 5.20. The smallest absolute Gasteiger partial charge is 0.340 e. The largest absolute Gasteiger partial charge is 0.507 e. The Morgan fingerprint density at radius 1 is 0.917 bits per heavy atom. The van der Waals surface area contributed by atoms with Gasteiger partial charge < -0.3 is 14.9 Å². The number of aryl methyl sites for hydroxylation is 2. The highest BCUT2D eigenvalue weighted by molar-refractivity contribution is 5.99. The van der Waals surface area contributed by atoms with Gasteiger partial charge in [-0.15, -0.1) is 0 Å². The summed E-state index contributed by atoms with van der Waals surface area (Å²) in [7, 11) is 0. The first-order valence-electron chi connectivity index (χ1n) is 12.1. The van der Waals surface area contributed by atoms with Gasteiger partial charge in [0.25, 0.3) is 0 Å². The number of aromatic hydroxyl groups is 2. The second kappa shape index (κ2) is 8.52. The van der Waals surface area contributed by atoms with E-state index in [1.807, 2.05) is 69.3 Å². The Morgan fingerprint density at radius 3 is 2.36 bits per heavy atom. The first kappa shape index (κ1) is 23.6. The molecule has 1 aliphatic heterocycles. The van der Waals surface area contributed by atoms with Crippen LogP contribution in [0, 0.1) is 26.7 Å². The number of hydrogen-bond acceptors (Lipinski definition) is 5. The van der Waals surface area contributed by atoms with Crippen molar-refractivity contribution in [3.05, 3.63) is 105 Å². The molecular weight excluding hydrogens is 450 g/mol. The minimum Gasteiger partial charge on any atom is -0.507 e. The molecule has 0 radical (unpaired) electrons. The Balaban J connectivity index is 2.00. The van der Waals surface area contributed by atoms with E-state index in [1.165, 1.54) is 0 Å². The summed E-state index contributed by atoms with van der Waals surface area (Å²) < 4.78 is 6.43. The topological polar surface area (TPSA) is 79.7 Å². The summed E-state index contributed by atoms with van der Waals surface area (Å²) >= 11 is 0. The van der Waals surface area contributed by atoms with Gasteiger partial charge in [-0.3, -0.25) is 4.98 Å². The number of allylic oxidation sites excluding steroid dienone is 1. The summed E-state index contributed by atoms with van der Waals surface area (Å²) in [5.41, 5.74) is 4.61. The number of benzene rings is 3. The van der Waals surface area contributed by atoms with Crippen LogP contribution in [0.5, 0.6) is 11.5 Å². The van der Waals surface area contributed by atoms with Gasteiger partial charge in [-0.05, 0) is 73.2 Å². The van der Waals surface area contributed by atoms with Crippen LogP contribution in [0.3, 0.4) is 0 Å². The van der Waals surface area contributed by atoms with E-state index in [0.29, 0.717) is 44.3 Å². The summed E-state index contributed by atoms with van der Waals surface area (Å²) in [5, 5.41) is 22.4. The zero-order chi connectivity index (χ0) is 25.8. The van der Waals surface area contributed by atoms with Crippen molar-refractivity contribution < 1.29 is 19.7 Å². The maximum atomic E-state index is 13.4. The maximum Gasteiger partial charge on any atom is 0.340 e. The highest BCUT2D eigenvalue weighted by atomic mass is 16.6. The maximum absolute atomic E-state index is 13.4. The Morgan fingerprint density at radius 2 is 1.61 bits per heavy atom. The van der Waals surface area contributed by atoms with Gasteiger partial charge in [0.2, 0.25) is 0 Å². The fourth-order valence-electron chi connectivity index (χ4n) is 5.20. The number of phenolic OH excluding ortho intramolecular Hbond substituents is 2. The van der Waals surface area contributed by atoms with Crippen LogP contribution in [0.4, 0.5) is 0 Å². The molecule has 1 unspecified atom stereocenters. The lowest BCUT2D eigenvalue weighted by atomic mass is 9.74. The third-order valence-electron chi connectivity index (χ3n) is 7.02. The van der Waals surface area contributed by atoms with E-state index < -0.39 is 11.6 Å². The molecule has 0 fully saturated rings. The van der Waals surface area contributed by atoms with Gasteiger partial charge in [0.15, 0.2) is 5.60 Å². The number of phenols is 2. The lowest BCUT2D eigenvalue weighted by Gasteiger charge is -2.34. The molecule has 2 N–H and O–H groups in total. The predicted octanol–water partition coefficient (Wildman–Crippen LogP) is 6.70.